The number of hydrogen-bond donors (Lipinski definition) is 1. The van der Waals surface area contributed by atoms with Crippen LogP contribution in [0.2, 0.25) is 0 Å². The number of piperazine rings is 1. The van der Waals surface area contributed by atoms with E-state index in [0.717, 1.165) is 38.5 Å². The van der Waals surface area contributed by atoms with Gasteiger partial charge in [-0.15, -0.1) is 0 Å². The van der Waals surface area contributed by atoms with Gasteiger partial charge < -0.3 is 9.88 Å². The predicted molar refractivity (Wildman–Crippen MR) is 76.8 cm³/mol. The van der Waals surface area contributed by atoms with Crippen LogP contribution in [0.3, 0.4) is 0 Å². The fourth-order valence-electron chi connectivity index (χ4n) is 2.61. The Bertz CT molecular complexity index is 541. The number of benzene rings is 1. The lowest BCUT2D eigenvalue weighted by Crippen LogP contribution is -2.42. The van der Waals surface area contributed by atoms with E-state index in [1.165, 1.54) is 11.1 Å². The molecule has 1 aromatic heterocycles. The van der Waals surface area contributed by atoms with E-state index in [0.29, 0.717) is 0 Å². The fourth-order valence-corrected chi connectivity index (χ4v) is 2.61. The molecule has 0 unspecified atom stereocenters. The van der Waals surface area contributed by atoms with Gasteiger partial charge in [0.15, 0.2) is 0 Å². The van der Waals surface area contributed by atoms with Crippen molar-refractivity contribution < 1.29 is 0 Å². The summed E-state index contributed by atoms with van der Waals surface area (Å²) in [6.45, 7) is 5.42. The first-order valence-corrected chi connectivity index (χ1v) is 6.83. The first-order valence-electron chi connectivity index (χ1n) is 6.83. The molecule has 0 amide bonds. The van der Waals surface area contributed by atoms with Crippen LogP contribution >= 0.6 is 0 Å². The molecule has 1 aliphatic heterocycles. The maximum atomic E-state index is 4.47. The molecule has 0 saturated carbocycles. The smallest absolute Gasteiger partial charge is 0.139 e. The molecule has 2 heterocycles. The molecule has 4 nitrogen and oxygen atoms in total. The molecule has 1 saturated heterocycles. The number of hydrogen-bond acceptors (Lipinski definition) is 3. The molecule has 1 fully saturated rings. The van der Waals surface area contributed by atoms with Gasteiger partial charge in [0.1, 0.15) is 5.82 Å². The number of rotatable bonds is 3. The van der Waals surface area contributed by atoms with Crippen LogP contribution in [0.1, 0.15) is 5.56 Å². The molecule has 100 valence electrons. The van der Waals surface area contributed by atoms with Crippen molar-refractivity contribution in [1.82, 2.24) is 19.8 Å². The maximum absolute atomic E-state index is 4.47. The summed E-state index contributed by atoms with van der Waals surface area (Å²) in [5.41, 5.74) is 2.60. The van der Waals surface area contributed by atoms with Gasteiger partial charge >= 0.3 is 0 Å². The second kappa shape index (κ2) is 5.55. The van der Waals surface area contributed by atoms with Crippen LogP contribution in [-0.4, -0.2) is 40.6 Å². The summed E-state index contributed by atoms with van der Waals surface area (Å²) in [6, 6.07) is 8.58. The summed E-state index contributed by atoms with van der Waals surface area (Å²) >= 11 is 0. The third kappa shape index (κ3) is 2.69. The van der Waals surface area contributed by atoms with Crippen LogP contribution < -0.4 is 5.32 Å². The number of nitrogens with zero attached hydrogens (tertiary/aromatic N) is 3. The van der Waals surface area contributed by atoms with Gasteiger partial charge in [0.2, 0.25) is 0 Å². The molecule has 0 bridgehead atoms. The molecule has 1 N–H and O–H groups in total. The Morgan fingerprint density at radius 3 is 2.74 bits per heavy atom. The summed E-state index contributed by atoms with van der Waals surface area (Å²) in [6.07, 6.45) is 3.86. The Morgan fingerprint density at radius 2 is 2.00 bits per heavy atom. The van der Waals surface area contributed by atoms with E-state index in [4.69, 9.17) is 0 Å². The molecule has 0 spiro atoms. The molecule has 4 heteroatoms. The lowest BCUT2D eigenvalue weighted by Gasteiger charge is -2.27. The minimum Gasteiger partial charge on any atom is -0.334 e. The van der Waals surface area contributed by atoms with Crippen molar-refractivity contribution in [3.63, 3.8) is 0 Å². The average molecular weight is 256 g/mol. The van der Waals surface area contributed by atoms with Gasteiger partial charge in [0, 0.05) is 57.7 Å². The Labute approximate surface area is 114 Å². The number of aromatic nitrogens is 2. The predicted octanol–water partition coefficient (Wildman–Crippen LogP) is 1.49. The van der Waals surface area contributed by atoms with E-state index in [-0.39, 0.29) is 0 Å². The highest BCUT2D eigenvalue weighted by Crippen LogP contribution is 2.22. The molecular weight excluding hydrogens is 236 g/mol. The first kappa shape index (κ1) is 12.4. The van der Waals surface area contributed by atoms with Crippen LogP contribution in [0.4, 0.5) is 0 Å². The van der Waals surface area contributed by atoms with Gasteiger partial charge in [-0.2, -0.15) is 0 Å². The third-order valence-electron chi connectivity index (χ3n) is 3.68. The molecule has 19 heavy (non-hydrogen) atoms. The lowest BCUT2D eigenvalue weighted by molar-refractivity contribution is 0.233. The first-order chi connectivity index (χ1) is 9.34. The van der Waals surface area contributed by atoms with Crippen molar-refractivity contribution in [1.29, 1.82) is 0 Å². The van der Waals surface area contributed by atoms with Gasteiger partial charge in [0.05, 0.1) is 0 Å². The average Bonchev–Trinajstić information content (AvgIpc) is 2.87. The monoisotopic (exact) mass is 256 g/mol. The fraction of sp³-hybridized carbons (Fsp3) is 0.400. The molecule has 0 radical (unpaired) electrons. The highest BCUT2D eigenvalue weighted by Gasteiger charge is 2.14. The molecule has 3 rings (SSSR count). The third-order valence-corrected chi connectivity index (χ3v) is 3.68. The normalized spacial score (nSPS) is 16.7. The maximum Gasteiger partial charge on any atom is 0.139 e. The molecule has 1 aliphatic rings. The van der Waals surface area contributed by atoms with Gasteiger partial charge in [-0.25, -0.2) is 4.98 Å². The number of nitrogens with one attached hydrogen (secondary N) is 1. The van der Waals surface area contributed by atoms with Crippen molar-refractivity contribution in [3.05, 3.63) is 42.2 Å². The number of imidazole rings is 1. The zero-order valence-corrected chi connectivity index (χ0v) is 11.3. The van der Waals surface area contributed by atoms with Gasteiger partial charge in [-0.05, 0) is 5.56 Å². The van der Waals surface area contributed by atoms with Crippen LogP contribution in [0.25, 0.3) is 11.4 Å². The molecular formula is C15H20N4. The van der Waals surface area contributed by atoms with E-state index in [9.17, 15) is 0 Å². The van der Waals surface area contributed by atoms with E-state index >= 15 is 0 Å². The molecule has 0 atom stereocenters. The highest BCUT2D eigenvalue weighted by molar-refractivity contribution is 5.60. The zero-order valence-electron chi connectivity index (χ0n) is 11.3. The van der Waals surface area contributed by atoms with Crippen molar-refractivity contribution in [2.45, 2.75) is 6.54 Å². The molecule has 1 aromatic carbocycles. The standard InChI is InChI=1S/C15H20N4/c1-18-9-8-17-15(18)14-5-3-2-4-13(14)12-19-10-6-16-7-11-19/h2-5,8-9,16H,6-7,10-12H2,1H3. The lowest BCUT2D eigenvalue weighted by atomic mass is 10.1. The van der Waals surface area contributed by atoms with E-state index in [2.05, 4.69) is 44.0 Å². The number of aryl methyl sites for hydroxylation is 1. The van der Waals surface area contributed by atoms with Crippen molar-refractivity contribution >= 4 is 0 Å². The minimum atomic E-state index is 1.00. The Kier molecular flexibility index (Phi) is 3.62. The molecule has 2 aromatic rings. The van der Waals surface area contributed by atoms with Crippen molar-refractivity contribution in [2.75, 3.05) is 26.2 Å². The summed E-state index contributed by atoms with van der Waals surface area (Å²) in [7, 11) is 2.05. The van der Waals surface area contributed by atoms with Crippen LogP contribution in [-0.2, 0) is 13.6 Å². The minimum absolute atomic E-state index is 1.00. The highest BCUT2D eigenvalue weighted by atomic mass is 15.2. The van der Waals surface area contributed by atoms with Crippen LogP contribution in [0.15, 0.2) is 36.7 Å². The van der Waals surface area contributed by atoms with E-state index in [1.807, 2.05) is 19.4 Å². The second-order valence-electron chi connectivity index (χ2n) is 5.05. The molecule has 0 aliphatic carbocycles. The zero-order chi connectivity index (χ0) is 13.1. The summed E-state index contributed by atoms with van der Waals surface area (Å²) in [5, 5.41) is 3.39. The van der Waals surface area contributed by atoms with Crippen LogP contribution in [0, 0.1) is 0 Å². The van der Waals surface area contributed by atoms with Crippen molar-refractivity contribution in [2.24, 2.45) is 7.05 Å². The topological polar surface area (TPSA) is 33.1 Å². The summed E-state index contributed by atoms with van der Waals surface area (Å²) in [5.74, 6) is 1.05. The quantitative estimate of drug-likeness (QED) is 0.903. The van der Waals surface area contributed by atoms with E-state index < -0.39 is 0 Å². The van der Waals surface area contributed by atoms with Gasteiger partial charge in [-0.3, -0.25) is 4.90 Å². The van der Waals surface area contributed by atoms with Crippen LogP contribution in [0.5, 0.6) is 0 Å². The van der Waals surface area contributed by atoms with E-state index in [1.54, 1.807) is 0 Å². The largest absolute Gasteiger partial charge is 0.334 e. The Balaban J connectivity index is 1.87. The van der Waals surface area contributed by atoms with Crippen molar-refractivity contribution in [3.8, 4) is 11.4 Å². The second-order valence-corrected chi connectivity index (χ2v) is 5.05. The van der Waals surface area contributed by atoms with Gasteiger partial charge in [0.25, 0.3) is 0 Å². The Hall–Kier alpha value is -1.65. The summed E-state index contributed by atoms with van der Waals surface area (Å²) in [4.78, 5) is 6.97. The Morgan fingerprint density at radius 1 is 1.21 bits per heavy atom. The van der Waals surface area contributed by atoms with Gasteiger partial charge in [-0.1, -0.05) is 24.3 Å². The summed E-state index contributed by atoms with van der Waals surface area (Å²) < 4.78 is 2.08. The SMILES string of the molecule is Cn1ccnc1-c1ccccc1CN1CCNCC1.